The number of aromatic nitrogens is 5. The Kier molecular flexibility index (Phi) is 6.06. The molecule has 8 nitrogen and oxygen atoms in total. The van der Waals surface area contributed by atoms with Crippen molar-refractivity contribution in [1.29, 1.82) is 0 Å². The van der Waals surface area contributed by atoms with Gasteiger partial charge in [-0.1, -0.05) is 43.3 Å². The van der Waals surface area contributed by atoms with Gasteiger partial charge in [0, 0.05) is 19.5 Å². The van der Waals surface area contributed by atoms with Crippen molar-refractivity contribution < 1.29 is 4.79 Å². The van der Waals surface area contributed by atoms with Gasteiger partial charge in [0.05, 0.1) is 16.4 Å². The summed E-state index contributed by atoms with van der Waals surface area (Å²) in [5.74, 6) is 1.28. The minimum atomic E-state index is -0.317. The summed E-state index contributed by atoms with van der Waals surface area (Å²) in [7, 11) is 0. The Hall–Kier alpha value is -3.55. The molecule has 0 spiro atoms. The third kappa shape index (κ3) is 4.63. The number of hydrogen-bond acceptors (Lipinski definition) is 5. The van der Waals surface area contributed by atoms with Crippen molar-refractivity contribution in [2.75, 3.05) is 6.54 Å². The molecule has 8 heteroatoms. The summed E-state index contributed by atoms with van der Waals surface area (Å²) < 4.78 is 3.37. The van der Waals surface area contributed by atoms with E-state index in [0.29, 0.717) is 23.4 Å². The highest BCUT2D eigenvalue weighted by molar-refractivity contribution is 5.78. The van der Waals surface area contributed by atoms with Gasteiger partial charge in [-0.05, 0) is 36.6 Å². The molecule has 160 valence electrons. The van der Waals surface area contributed by atoms with Gasteiger partial charge in [0.25, 0.3) is 5.56 Å². The maximum atomic E-state index is 12.5. The Morgan fingerprint density at radius 2 is 1.81 bits per heavy atom. The molecule has 0 aliphatic heterocycles. The van der Waals surface area contributed by atoms with Gasteiger partial charge < -0.3 is 9.88 Å². The lowest BCUT2D eigenvalue weighted by Gasteiger charge is -2.12. The van der Waals surface area contributed by atoms with Crippen molar-refractivity contribution in [3.05, 3.63) is 64.7 Å². The molecule has 0 unspecified atom stereocenters. The molecule has 1 N–H and O–H groups in total. The average molecular weight is 419 g/mol. The molecule has 0 atom stereocenters. The lowest BCUT2D eigenvalue weighted by molar-refractivity contribution is -0.121. The Labute approximate surface area is 179 Å². The number of nitrogens with one attached hydrogen (secondary N) is 1. The van der Waals surface area contributed by atoms with Crippen molar-refractivity contribution in [2.24, 2.45) is 5.92 Å². The molecule has 4 aromatic rings. The fourth-order valence-electron chi connectivity index (χ4n) is 3.68. The lowest BCUT2D eigenvalue weighted by Crippen LogP contribution is -2.34. The van der Waals surface area contributed by atoms with Crippen LogP contribution in [0.2, 0.25) is 0 Å². The summed E-state index contributed by atoms with van der Waals surface area (Å²) in [4.78, 5) is 29.5. The second kappa shape index (κ2) is 9.07. The van der Waals surface area contributed by atoms with Crippen LogP contribution in [0.25, 0.3) is 21.9 Å². The number of rotatable bonds is 8. The normalized spacial score (nSPS) is 11.5. The van der Waals surface area contributed by atoms with Crippen LogP contribution in [-0.4, -0.2) is 37.0 Å². The number of benzene rings is 2. The number of fused-ring (bicyclic) bond motifs is 2. The Bertz CT molecular complexity index is 1270. The zero-order chi connectivity index (χ0) is 21.8. The van der Waals surface area contributed by atoms with Crippen LogP contribution in [0.15, 0.2) is 53.3 Å². The topological polar surface area (TPSA) is 94.7 Å². The fraction of sp³-hybridized carbons (Fsp3) is 0.348. The predicted octanol–water partition coefficient (Wildman–Crippen LogP) is 2.55. The van der Waals surface area contributed by atoms with Crippen LogP contribution in [0.5, 0.6) is 0 Å². The van der Waals surface area contributed by atoms with E-state index in [0.717, 1.165) is 40.9 Å². The Morgan fingerprint density at radius 3 is 2.61 bits per heavy atom. The van der Waals surface area contributed by atoms with Crippen LogP contribution >= 0.6 is 0 Å². The number of aryl methyl sites for hydroxylation is 1. The summed E-state index contributed by atoms with van der Waals surface area (Å²) in [6.45, 7) is 5.64. The molecule has 1 amide bonds. The van der Waals surface area contributed by atoms with Gasteiger partial charge in [-0.15, -0.1) is 5.10 Å². The molecular formula is C23H26N6O2. The van der Waals surface area contributed by atoms with Crippen LogP contribution in [0.1, 0.15) is 26.1 Å². The molecule has 2 heterocycles. The van der Waals surface area contributed by atoms with Crippen LogP contribution in [0.4, 0.5) is 0 Å². The molecule has 0 saturated heterocycles. The number of carbonyl (C=O) groups excluding carboxylic acids is 1. The minimum absolute atomic E-state index is 0.150. The molecule has 0 fully saturated rings. The average Bonchev–Trinajstić information content (AvgIpc) is 3.10. The first kappa shape index (κ1) is 20.7. The molecule has 0 aliphatic carbocycles. The highest BCUT2D eigenvalue weighted by Crippen LogP contribution is 2.18. The number of imidazole rings is 1. The van der Waals surface area contributed by atoms with Gasteiger partial charge in [-0.25, -0.2) is 9.67 Å². The van der Waals surface area contributed by atoms with E-state index in [1.807, 2.05) is 18.2 Å². The molecule has 0 radical (unpaired) electrons. The lowest BCUT2D eigenvalue weighted by atomic mass is 10.2. The third-order valence-electron chi connectivity index (χ3n) is 5.10. The first-order valence-corrected chi connectivity index (χ1v) is 10.6. The highest BCUT2D eigenvalue weighted by Gasteiger charge is 2.12. The van der Waals surface area contributed by atoms with Crippen molar-refractivity contribution in [3.8, 4) is 0 Å². The largest absolute Gasteiger partial charge is 0.354 e. The van der Waals surface area contributed by atoms with E-state index in [9.17, 15) is 9.59 Å². The minimum Gasteiger partial charge on any atom is -0.354 e. The van der Waals surface area contributed by atoms with E-state index >= 15 is 0 Å². The second-order valence-corrected chi connectivity index (χ2v) is 8.04. The smallest absolute Gasteiger partial charge is 0.278 e. The first-order valence-electron chi connectivity index (χ1n) is 10.6. The standard InChI is InChI=1S/C23H26N6O2/c1-16(2)14-28-20-11-6-5-10-19(20)25-21(28)12-7-13-24-22(30)15-29-23(31)17-8-3-4-9-18(17)26-27-29/h3-6,8-11,16H,7,12-15H2,1-2H3,(H,24,30). The molecular weight excluding hydrogens is 392 g/mol. The molecule has 31 heavy (non-hydrogen) atoms. The van der Waals surface area contributed by atoms with Gasteiger partial charge in [0.1, 0.15) is 17.9 Å². The number of amides is 1. The fourth-order valence-corrected chi connectivity index (χ4v) is 3.68. The molecule has 0 bridgehead atoms. The van der Waals surface area contributed by atoms with Crippen molar-refractivity contribution in [3.63, 3.8) is 0 Å². The molecule has 0 aliphatic rings. The van der Waals surface area contributed by atoms with Gasteiger partial charge in [-0.3, -0.25) is 9.59 Å². The summed E-state index contributed by atoms with van der Waals surface area (Å²) in [5.41, 5.74) is 2.34. The number of hydrogen-bond donors (Lipinski definition) is 1. The number of nitrogens with zero attached hydrogens (tertiary/aromatic N) is 5. The zero-order valence-corrected chi connectivity index (χ0v) is 17.8. The van der Waals surface area contributed by atoms with Crippen LogP contribution < -0.4 is 10.9 Å². The van der Waals surface area contributed by atoms with E-state index in [4.69, 9.17) is 4.98 Å². The van der Waals surface area contributed by atoms with E-state index in [1.165, 1.54) is 0 Å². The highest BCUT2D eigenvalue weighted by atomic mass is 16.2. The van der Waals surface area contributed by atoms with E-state index < -0.39 is 0 Å². The van der Waals surface area contributed by atoms with Gasteiger partial charge >= 0.3 is 0 Å². The van der Waals surface area contributed by atoms with Gasteiger partial charge in [0.2, 0.25) is 5.91 Å². The zero-order valence-electron chi connectivity index (χ0n) is 17.8. The van der Waals surface area contributed by atoms with Crippen LogP contribution in [0, 0.1) is 5.92 Å². The molecule has 0 saturated carbocycles. The van der Waals surface area contributed by atoms with Gasteiger partial charge in [0.15, 0.2) is 0 Å². The van der Waals surface area contributed by atoms with Crippen LogP contribution in [-0.2, 0) is 24.3 Å². The van der Waals surface area contributed by atoms with E-state index in [1.54, 1.807) is 24.3 Å². The van der Waals surface area contributed by atoms with Crippen LogP contribution in [0.3, 0.4) is 0 Å². The Morgan fingerprint density at radius 1 is 1.06 bits per heavy atom. The maximum Gasteiger partial charge on any atom is 0.278 e. The summed E-state index contributed by atoms with van der Waals surface area (Å²) >= 11 is 0. The SMILES string of the molecule is CC(C)Cn1c(CCCNC(=O)Cn2nnc3ccccc3c2=O)nc2ccccc21. The van der Waals surface area contributed by atoms with Crippen molar-refractivity contribution in [1.82, 2.24) is 29.9 Å². The first-order chi connectivity index (χ1) is 15.0. The molecule has 2 aromatic carbocycles. The summed E-state index contributed by atoms with van der Waals surface area (Å²) in [6, 6.07) is 15.1. The van der Waals surface area contributed by atoms with E-state index in [-0.39, 0.29) is 18.0 Å². The third-order valence-corrected chi connectivity index (χ3v) is 5.10. The molecule has 4 rings (SSSR count). The maximum absolute atomic E-state index is 12.5. The summed E-state index contributed by atoms with van der Waals surface area (Å²) in [5, 5.41) is 11.2. The number of para-hydroxylation sites is 2. The number of carbonyl (C=O) groups is 1. The quantitative estimate of drug-likeness (QED) is 0.444. The predicted molar refractivity (Wildman–Crippen MR) is 120 cm³/mol. The Balaban J connectivity index is 1.36. The second-order valence-electron chi connectivity index (χ2n) is 8.04. The molecule has 2 aromatic heterocycles. The van der Waals surface area contributed by atoms with Crippen molar-refractivity contribution >= 4 is 27.8 Å². The summed E-state index contributed by atoms with van der Waals surface area (Å²) in [6.07, 6.45) is 1.52. The van der Waals surface area contributed by atoms with Crippen molar-refractivity contribution in [2.45, 2.75) is 39.8 Å². The monoisotopic (exact) mass is 418 g/mol. The van der Waals surface area contributed by atoms with Gasteiger partial charge in [-0.2, -0.15) is 0 Å². The van der Waals surface area contributed by atoms with E-state index in [2.05, 4.69) is 40.1 Å².